The standard InChI is InChI=1S/C16H33N3O3.HI/c1-4-17-16(19(2)13-15-7-10-22-14-15)18-8-5-6-9-21-12-11-20-3;/h15H,4-14H2,1-3H3,(H,17,18);1H. The lowest BCUT2D eigenvalue weighted by Crippen LogP contribution is -2.41. The molecule has 1 aliphatic heterocycles. The molecule has 0 saturated carbocycles. The highest BCUT2D eigenvalue weighted by atomic mass is 127. The van der Waals surface area contributed by atoms with Crippen LogP contribution in [0.15, 0.2) is 4.99 Å². The van der Waals surface area contributed by atoms with Gasteiger partial charge in [-0.25, -0.2) is 0 Å². The van der Waals surface area contributed by atoms with Crippen molar-refractivity contribution < 1.29 is 14.2 Å². The number of aliphatic imine (C=N–C) groups is 1. The molecule has 138 valence electrons. The second-order valence-electron chi connectivity index (χ2n) is 5.66. The van der Waals surface area contributed by atoms with Crippen LogP contribution in [0.4, 0.5) is 0 Å². The molecule has 0 amide bonds. The Morgan fingerprint density at radius 1 is 1.30 bits per heavy atom. The molecule has 1 rings (SSSR count). The first-order chi connectivity index (χ1) is 10.8. The van der Waals surface area contributed by atoms with Gasteiger partial charge >= 0.3 is 0 Å². The molecule has 0 bridgehead atoms. The SMILES string of the molecule is CCNC(=NCCCCOCCOC)N(C)CC1CCOC1.I. The first kappa shape index (κ1) is 22.9. The lowest BCUT2D eigenvalue weighted by atomic mass is 10.1. The highest BCUT2D eigenvalue weighted by molar-refractivity contribution is 14.0. The van der Waals surface area contributed by atoms with Gasteiger partial charge in [0.15, 0.2) is 5.96 Å². The number of rotatable bonds is 11. The van der Waals surface area contributed by atoms with Crippen molar-refractivity contribution in [1.82, 2.24) is 10.2 Å². The van der Waals surface area contributed by atoms with Gasteiger partial charge in [-0.2, -0.15) is 0 Å². The van der Waals surface area contributed by atoms with E-state index in [1.807, 2.05) is 0 Å². The van der Waals surface area contributed by atoms with E-state index >= 15 is 0 Å². The van der Waals surface area contributed by atoms with E-state index in [2.05, 4.69) is 24.2 Å². The quantitative estimate of drug-likeness (QED) is 0.229. The maximum atomic E-state index is 5.45. The third-order valence-corrected chi connectivity index (χ3v) is 3.64. The molecule has 0 radical (unpaired) electrons. The number of hydrogen-bond donors (Lipinski definition) is 1. The largest absolute Gasteiger partial charge is 0.382 e. The summed E-state index contributed by atoms with van der Waals surface area (Å²) in [6, 6.07) is 0. The van der Waals surface area contributed by atoms with Gasteiger partial charge in [0, 0.05) is 52.9 Å². The fourth-order valence-electron chi connectivity index (χ4n) is 2.42. The van der Waals surface area contributed by atoms with Crippen LogP contribution in [0.2, 0.25) is 0 Å². The predicted octanol–water partition coefficient (Wildman–Crippen LogP) is 1.98. The van der Waals surface area contributed by atoms with E-state index in [9.17, 15) is 0 Å². The Bertz CT molecular complexity index is 300. The zero-order chi connectivity index (χ0) is 16.0. The lowest BCUT2D eigenvalue weighted by molar-refractivity contribution is 0.0690. The molecule has 0 aromatic rings. The fraction of sp³-hybridized carbons (Fsp3) is 0.938. The van der Waals surface area contributed by atoms with E-state index in [-0.39, 0.29) is 24.0 Å². The number of ether oxygens (including phenoxy) is 3. The van der Waals surface area contributed by atoms with Gasteiger partial charge in [-0.1, -0.05) is 0 Å². The van der Waals surface area contributed by atoms with Crippen molar-refractivity contribution in [2.75, 3.05) is 66.8 Å². The Morgan fingerprint density at radius 3 is 2.78 bits per heavy atom. The molecule has 6 nitrogen and oxygen atoms in total. The van der Waals surface area contributed by atoms with Gasteiger partial charge in [0.2, 0.25) is 0 Å². The van der Waals surface area contributed by atoms with Crippen LogP contribution in [0.1, 0.15) is 26.2 Å². The molecular weight excluding hydrogens is 409 g/mol. The van der Waals surface area contributed by atoms with Gasteiger partial charge < -0.3 is 24.4 Å². The molecule has 0 spiro atoms. The topological polar surface area (TPSA) is 55.3 Å². The van der Waals surface area contributed by atoms with E-state index < -0.39 is 0 Å². The van der Waals surface area contributed by atoms with Gasteiger partial charge in [-0.05, 0) is 26.2 Å². The molecule has 1 aliphatic rings. The Hall–Kier alpha value is -0.120. The van der Waals surface area contributed by atoms with E-state index in [0.29, 0.717) is 19.1 Å². The summed E-state index contributed by atoms with van der Waals surface area (Å²) in [5, 5.41) is 3.36. The number of halogens is 1. The molecule has 1 atom stereocenters. The third-order valence-electron chi connectivity index (χ3n) is 3.64. The van der Waals surface area contributed by atoms with Gasteiger partial charge in [-0.15, -0.1) is 24.0 Å². The average Bonchev–Trinajstić information content (AvgIpc) is 3.01. The Balaban J connectivity index is 0.00000484. The van der Waals surface area contributed by atoms with Crippen molar-refractivity contribution in [1.29, 1.82) is 0 Å². The van der Waals surface area contributed by atoms with Gasteiger partial charge in [0.1, 0.15) is 0 Å². The van der Waals surface area contributed by atoms with Crippen LogP contribution in [-0.2, 0) is 14.2 Å². The van der Waals surface area contributed by atoms with Crippen LogP contribution < -0.4 is 5.32 Å². The van der Waals surface area contributed by atoms with Crippen LogP contribution in [-0.4, -0.2) is 77.7 Å². The number of nitrogens with one attached hydrogen (secondary N) is 1. The number of hydrogen-bond acceptors (Lipinski definition) is 4. The number of guanidine groups is 1. The fourth-order valence-corrected chi connectivity index (χ4v) is 2.42. The summed E-state index contributed by atoms with van der Waals surface area (Å²) in [6.45, 7) is 8.74. The molecule has 1 heterocycles. The van der Waals surface area contributed by atoms with E-state index in [4.69, 9.17) is 19.2 Å². The minimum atomic E-state index is 0. The van der Waals surface area contributed by atoms with Crippen molar-refractivity contribution in [2.45, 2.75) is 26.2 Å². The summed E-state index contributed by atoms with van der Waals surface area (Å²) in [6.07, 6.45) is 3.23. The normalized spacial score (nSPS) is 17.9. The molecular formula is C16H34IN3O3. The summed E-state index contributed by atoms with van der Waals surface area (Å²) in [4.78, 5) is 6.92. The van der Waals surface area contributed by atoms with Crippen LogP contribution in [0, 0.1) is 5.92 Å². The lowest BCUT2D eigenvalue weighted by Gasteiger charge is -2.24. The number of unbranched alkanes of at least 4 members (excludes halogenated alkanes) is 1. The summed E-state index contributed by atoms with van der Waals surface area (Å²) >= 11 is 0. The highest BCUT2D eigenvalue weighted by Crippen LogP contribution is 2.13. The summed E-state index contributed by atoms with van der Waals surface area (Å²) in [5.74, 6) is 1.62. The Kier molecular flexibility index (Phi) is 15.3. The maximum Gasteiger partial charge on any atom is 0.193 e. The molecule has 1 N–H and O–H groups in total. The number of nitrogens with zero attached hydrogens (tertiary/aromatic N) is 2. The Morgan fingerprint density at radius 2 is 2.13 bits per heavy atom. The predicted molar refractivity (Wildman–Crippen MR) is 105 cm³/mol. The molecule has 1 fully saturated rings. The van der Waals surface area contributed by atoms with E-state index in [1.54, 1.807) is 7.11 Å². The van der Waals surface area contributed by atoms with Crippen LogP contribution >= 0.6 is 24.0 Å². The molecule has 0 aliphatic carbocycles. The summed E-state index contributed by atoms with van der Waals surface area (Å²) in [7, 11) is 3.79. The second kappa shape index (κ2) is 15.4. The summed E-state index contributed by atoms with van der Waals surface area (Å²) < 4.78 is 15.8. The maximum absolute atomic E-state index is 5.45. The molecule has 0 aromatic heterocycles. The molecule has 0 aromatic carbocycles. The van der Waals surface area contributed by atoms with Crippen molar-refractivity contribution in [3.05, 3.63) is 0 Å². The minimum Gasteiger partial charge on any atom is -0.382 e. The van der Waals surface area contributed by atoms with Crippen molar-refractivity contribution in [3.8, 4) is 0 Å². The molecule has 7 heteroatoms. The average molecular weight is 443 g/mol. The van der Waals surface area contributed by atoms with Crippen molar-refractivity contribution >= 4 is 29.9 Å². The Labute approximate surface area is 158 Å². The van der Waals surface area contributed by atoms with E-state index in [1.165, 1.54) is 0 Å². The van der Waals surface area contributed by atoms with Crippen LogP contribution in [0.25, 0.3) is 0 Å². The van der Waals surface area contributed by atoms with Crippen molar-refractivity contribution in [3.63, 3.8) is 0 Å². The summed E-state index contributed by atoms with van der Waals surface area (Å²) in [5.41, 5.74) is 0. The minimum absolute atomic E-state index is 0. The first-order valence-corrected chi connectivity index (χ1v) is 8.41. The monoisotopic (exact) mass is 443 g/mol. The van der Waals surface area contributed by atoms with Crippen molar-refractivity contribution in [2.24, 2.45) is 10.9 Å². The van der Waals surface area contributed by atoms with Gasteiger partial charge in [-0.3, -0.25) is 4.99 Å². The third kappa shape index (κ3) is 11.1. The molecule has 23 heavy (non-hydrogen) atoms. The smallest absolute Gasteiger partial charge is 0.193 e. The number of methoxy groups -OCH3 is 1. The van der Waals surface area contributed by atoms with E-state index in [0.717, 1.165) is 64.7 Å². The second-order valence-corrected chi connectivity index (χ2v) is 5.66. The zero-order valence-electron chi connectivity index (χ0n) is 14.9. The molecule has 1 unspecified atom stereocenters. The van der Waals surface area contributed by atoms with Crippen LogP contribution in [0.3, 0.4) is 0 Å². The highest BCUT2D eigenvalue weighted by Gasteiger charge is 2.18. The zero-order valence-corrected chi connectivity index (χ0v) is 17.2. The van der Waals surface area contributed by atoms with Gasteiger partial charge in [0.25, 0.3) is 0 Å². The first-order valence-electron chi connectivity index (χ1n) is 8.41. The van der Waals surface area contributed by atoms with Crippen LogP contribution in [0.5, 0.6) is 0 Å². The molecule has 1 saturated heterocycles. The van der Waals surface area contributed by atoms with Gasteiger partial charge in [0.05, 0.1) is 19.8 Å².